The number of esters is 1. The van der Waals surface area contributed by atoms with Gasteiger partial charge in [0.25, 0.3) is 0 Å². The van der Waals surface area contributed by atoms with Crippen molar-refractivity contribution in [3.8, 4) is 0 Å². The van der Waals surface area contributed by atoms with Crippen LogP contribution < -0.4 is 4.90 Å². The van der Waals surface area contributed by atoms with Gasteiger partial charge < -0.3 is 9.64 Å². The lowest BCUT2D eigenvalue weighted by Gasteiger charge is -2.38. The van der Waals surface area contributed by atoms with Crippen molar-refractivity contribution >= 4 is 17.9 Å². The molecule has 0 aromatic heterocycles. The molecule has 0 amide bonds. The predicted octanol–water partition coefficient (Wildman–Crippen LogP) is 4.08. The number of anilines is 1. The summed E-state index contributed by atoms with van der Waals surface area (Å²) in [7, 11) is 1.37. The van der Waals surface area contributed by atoms with E-state index in [1.54, 1.807) is 0 Å². The molecule has 0 bridgehead atoms. The summed E-state index contributed by atoms with van der Waals surface area (Å²) in [6, 6.07) is 3.35. The SMILES string of the molecule is CCN(c1ccc(C(F)(F)F)cc1C=O)C1CCC(C(=O)OC)CC1. The van der Waals surface area contributed by atoms with Gasteiger partial charge in [-0.2, -0.15) is 13.2 Å². The molecule has 0 saturated heterocycles. The highest BCUT2D eigenvalue weighted by Crippen LogP contribution is 2.35. The van der Waals surface area contributed by atoms with E-state index in [1.807, 2.05) is 11.8 Å². The molecule has 0 unspecified atom stereocenters. The highest BCUT2D eigenvalue weighted by molar-refractivity contribution is 5.85. The first-order valence-corrected chi connectivity index (χ1v) is 8.32. The Morgan fingerprint density at radius 2 is 1.92 bits per heavy atom. The fourth-order valence-electron chi connectivity index (χ4n) is 3.50. The van der Waals surface area contributed by atoms with E-state index in [0.29, 0.717) is 31.4 Å². The Hall–Kier alpha value is -2.05. The molecule has 1 aliphatic rings. The minimum Gasteiger partial charge on any atom is -0.469 e. The standard InChI is InChI=1S/C18H22F3NO3/c1-3-22(15-7-4-12(5-8-15)17(24)25-2)16-9-6-14(18(19,20)21)10-13(16)11-23/h6,9-12,15H,3-5,7-8H2,1-2H3. The number of alkyl halides is 3. The fraction of sp³-hybridized carbons (Fsp3) is 0.556. The molecule has 2 rings (SSSR count). The molecule has 0 N–H and O–H groups in total. The Morgan fingerprint density at radius 1 is 1.28 bits per heavy atom. The summed E-state index contributed by atoms with van der Waals surface area (Å²) < 4.78 is 43.3. The van der Waals surface area contributed by atoms with Crippen LogP contribution in [0, 0.1) is 5.92 Å². The number of nitrogens with zero attached hydrogens (tertiary/aromatic N) is 1. The molecule has 0 radical (unpaired) electrons. The summed E-state index contributed by atoms with van der Waals surface area (Å²) in [6.07, 6.45) is -1.21. The maximum Gasteiger partial charge on any atom is 0.416 e. The van der Waals surface area contributed by atoms with E-state index in [4.69, 9.17) is 4.74 Å². The van der Waals surface area contributed by atoms with Crippen molar-refractivity contribution in [1.29, 1.82) is 0 Å². The zero-order valence-corrected chi connectivity index (χ0v) is 14.3. The second-order valence-electron chi connectivity index (χ2n) is 6.20. The molecule has 4 nitrogen and oxygen atoms in total. The van der Waals surface area contributed by atoms with E-state index >= 15 is 0 Å². The molecule has 1 aromatic carbocycles. The zero-order chi connectivity index (χ0) is 18.6. The van der Waals surface area contributed by atoms with Crippen LogP contribution in [0.15, 0.2) is 18.2 Å². The van der Waals surface area contributed by atoms with Crippen molar-refractivity contribution < 1.29 is 27.5 Å². The Kier molecular flexibility index (Phi) is 6.08. The lowest BCUT2D eigenvalue weighted by Crippen LogP contribution is -2.40. The summed E-state index contributed by atoms with van der Waals surface area (Å²) in [4.78, 5) is 24.9. The largest absolute Gasteiger partial charge is 0.469 e. The predicted molar refractivity (Wildman–Crippen MR) is 87.6 cm³/mol. The number of aldehydes is 1. The molecule has 0 spiro atoms. The van der Waals surface area contributed by atoms with Crippen LogP contribution >= 0.6 is 0 Å². The van der Waals surface area contributed by atoms with Gasteiger partial charge in [0.15, 0.2) is 6.29 Å². The van der Waals surface area contributed by atoms with Gasteiger partial charge in [-0.1, -0.05) is 0 Å². The molecule has 138 valence electrons. The highest BCUT2D eigenvalue weighted by Gasteiger charge is 2.33. The van der Waals surface area contributed by atoms with Gasteiger partial charge in [0.05, 0.1) is 18.6 Å². The Bertz CT molecular complexity index is 622. The van der Waals surface area contributed by atoms with Gasteiger partial charge in [-0.15, -0.1) is 0 Å². The first-order valence-electron chi connectivity index (χ1n) is 8.32. The van der Waals surface area contributed by atoms with E-state index in [9.17, 15) is 22.8 Å². The van der Waals surface area contributed by atoms with E-state index in [1.165, 1.54) is 13.2 Å². The van der Waals surface area contributed by atoms with Crippen molar-refractivity contribution in [3.63, 3.8) is 0 Å². The molecule has 0 atom stereocenters. The minimum atomic E-state index is -4.48. The average Bonchev–Trinajstić information content (AvgIpc) is 2.61. The van der Waals surface area contributed by atoms with Crippen LogP contribution in [0.1, 0.15) is 48.5 Å². The van der Waals surface area contributed by atoms with Gasteiger partial charge in [0.2, 0.25) is 0 Å². The quantitative estimate of drug-likeness (QED) is 0.589. The molecular weight excluding hydrogens is 335 g/mol. The van der Waals surface area contributed by atoms with E-state index < -0.39 is 11.7 Å². The van der Waals surface area contributed by atoms with Gasteiger partial charge in [-0.3, -0.25) is 9.59 Å². The monoisotopic (exact) mass is 357 g/mol. The molecule has 1 aromatic rings. The Morgan fingerprint density at radius 3 is 2.40 bits per heavy atom. The summed E-state index contributed by atoms with van der Waals surface area (Å²) in [5, 5.41) is 0. The van der Waals surface area contributed by atoms with Crippen molar-refractivity contribution in [3.05, 3.63) is 29.3 Å². The molecule has 25 heavy (non-hydrogen) atoms. The number of carbonyl (C=O) groups excluding carboxylic acids is 2. The third-order valence-corrected chi connectivity index (χ3v) is 4.80. The van der Waals surface area contributed by atoms with Crippen LogP contribution in [0.5, 0.6) is 0 Å². The van der Waals surface area contributed by atoms with Gasteiger partial charge in [0.1, 0.15) is 0 Å². The third kappa shape index (κ3) is 4.32. The van der Waals surface area contributed by atoms with Crippen LogP contribution in [0.25, 0.3) is 0 Å². The number of benzene rings is 1. The molecule has 1 saturated carbocycles. The fourth-order valence-corrected chi connectivity index (χ4v) is 3.50. The second-order valence-corrected chi connectivity index (χ2v) is 6.20. The number of rotatable bonds is 5. The molecule has 1 aliphatic carbocycles. The summed E-state index contributed by atoms with van der Waals surface area (Å²) in [6.45, 7) is 2.47. The van der Waals surface area contributed by atoms with E-state index in [-0.39, 0.29) is 23.5 Å². The molecule has 7 heteroatoms. The van der Waals surface area contributed by atoms with Crippen LogP contribution in [0.4, 0.5) is 18.9 Å². The Balaban J connectivity index is 2.21. The maximum atomic E-state index is 12.9. The van der Waals surface area contributed by atoms with Crippen molar-refractivity contribution in [1.82, 2.24) is 0 Å². The van der Waals surface area contributed by atoms with Gasteiger partial charge in [0, 0.05) is 23.8 Å². The normalized spacial score (nSPS) is 20.8. The second kappa shape index (κ2) is 7.89. The molecule has 1 fully saturated rings. The van der Waals surface area contributed by atoms with Crippen molar-refractivity contribution in [2.24, 2.45) is 5.92 Å². The number of hydrogen-bond acceptors (Lipinski definition) is 4. The maximum absolute atomic E-state index is 12.9. The van der Waals surface area contributed by atoms with Crippen molar-refractivity contribution in [2.45, 2.75) is 44.8 Å². The minimum absolute atomic E-state index is 0.0340. The number of hydrogen-bond donors (Lipinski definition) is 0. The van der Waals surface area contributed by atoms with Gasteiger partial charge >= 0.3 is 12.1 Å². The lowest BCUT2D eigenvalue weighted by molar-refractivity contribution is -0.146. The van der Waals surface area contributed by atoms with E-state index in [0.717, 1.165) is 25.0 Å². The van der Waals surface area contributed by atoms with E-state index in [2.05, 4.69) is 0 Å². The number of carbonyl (C=O) groups is 2. The van der Waals surface area contributed by atoms with Gasteiger partial charge in [-0.25, -0.2) is 0 Å². The van der Waals surface area contributed by atoms with Crippen LogP contribution in [0.3, 0.4) is 0 Å². The first-order chi connectivity index (χ1) is 11.8. The average molecular weight is 357 g/mol. The zero-order valence-electron chi connectivity index (χ0n) is 14.3. The third-order valence-electron chi connectivity index (χ3n) is 4.80. The number of methoxy groups -OCH3 is 1. The smallest absolute Gasteiger partial charge is 0.416 e. The lowest BCUT2D eigenvalue weighted by atomic mass is 9.85. The Labute approximate surface area is 144 Å². The first kappa shape index (κ1) is 19.3. The van der Waals surface area contributed by atoms with Crippen LogP contribution in [0.2, 0.25) is 0 Å². The number of halogens is 3. The summed E-state index contributed by atoms with van der Waals surface area (Å²) >= 11 is 0. The van der Waals surface area contributed by atoms with Crippen LogP contribution in [-0.4, -0.2) is 32.0 Å². The van der Waals surface area contributed by atoms with Crippen molar-refractivity contribution in [2.75, 3.05) is 18.6 Å². The van der Waals surface area contributed by atoms with Gasteiger partial charge in [-0.05, 0) is 50.8 Å². The summed E-state index contributed by atoms with van der Waals surface area (Å²) in [5.41, 5.74) is -0.289. The highest BCUT2D eigenvalue weighted by atomic mass is 19.4. The summed E-state index contributed by atoms with van der Waals surface area (Å²) in [5.74, 6) is -0.345. The molecule has 0 aliphatic heterocycles. The molecule has 0 heterocycles. The topological polar surface area (TPSA) is 46.6 Å². The van der Waals surface area contributed by atoms with Crippen LogP contribution in [-0.2, 0) is 15.7 Å². The number of ether oxygens (including phenoxy) is 1. The molecular formula is C18H22F3NO3.